The summed E-state index contributed by atoms with van der Waals surface area (Å²) in [6.45, 7) is 9.44. The molecule has 3 fully saturated rings. The van der Waals surface area contributed by atoms with Crippen LogP contribution in [-0.2, 0) is 9.47 Å². The number of nitrogens with zero attached hydrogens (tertiary/aromatic N) is 4. The van der Waals surface area contributed by atoms with Crippen LogP contribution in [0.25, 0.3) is 0 Å². The van der Waals surface area contributed by atoms with Crippen LogP contribution >= 0.6 is 0 Å². The van der Waals surface area contributed by atoms with Crippen molar-refractivity contribution in [3.63, 3.8) is 0 Å². The average molecular weight is 228 g/mol. The molecule has 0 bridgehead atoms. The topological polar surface area (TPSA) is 31.4 Å². The predicted molar refractivity (Wildman–Crippen MR) is 57.7 cm³/mol. The second-order valence-electron chi connectivity index (χ2n) is 4.89. The van der Waals surface area contributed by atoms with Gasteiger partial charge in [-0.1, -0.05) is 0 Å². The fourth-order valence-corrected chi connectivity index (χ4v) is 2.45. The maximum atomic E-state index is 5.66. The average Bonchev–Trinajstić information content (AvgIpc) is 2.26. The molecule has 16 heavy (non-hydrogen) atoms. The van der Waals surface area contributed by atoms with Crippen molar-refractivity contribution in [2.45, 2.75) is 26.1 Å². The number of rotatable bonds is 0. The van der Waals surface area contributed by atoms with Crippen molar-refractivity contribution in [1.82, 2.24) is 20.0 Å². The molecule has 3 aliphatic rings. The van der Waals surface area contributed by atoms with E-state index < -0.39 is 0 Å². The lowest BCUT2D eigenvalue weighted by atomic mass is 10.3. The van der Waals surface area contributed by atoms with Gasteiger partial charge in [0, 0.05) is 13.1 Å². The molecular formula is C10H20N4O2. The van der Waals surface area contributed by atoms with E-state index >= 15 is 0 Å². The van der Waals surface area contributed by atoms with Crippen LogP contribution in [-0.4, -0.2) is 72.1 Å². The lowest BCUT2D eigenvalue weighted by molar-refractivity contribution is -0.320. The fourth-order valence-electron chi connectivity index (χ4n) is 2.45. The normalized spacial score (nSPS) is 39.4. The molecule has 0 aromatic heterocycles. The highest BCUT2D eigenvalue weighted by molar-refractivity contribution is 4.73. The Morgan fingerprint density at radius 3 is 1.62 bits per heavy atom. The quantitative estimate of drug-likeness (QED) is 0.566. The summed E-state index contributed by atoms with van der Waals surface area (Å²) >= 11 is 0. The van der Waals surface area contributed by atoms with Crippen LogP contribution in [0.2, 0.25) is 0 Å². The molecule has 0 saturated carbocycles. The summed E-state index contributed by atoms with van der Waals surface area (Å²) in [6, 6.07) is 0. The number of hydrogen-bond acceptors (Lipinski definition) is 6. The first kappa shape index (κ1) is 10.9. The molecule has 0 amide bonds. The molecule has 0 aromatic rings. The Bertz CT molecular complexity index is 239. The highest BCUT2D eigenvalue weighted by Gasteiger charge is 2.36. The Hall–Kier alpha value is -0.240. The van der Waals surface area contributed by atoms with E-state index in [0.717, 1.165) is 26.4 Å². The van der Waals surface area contributed by atoms with Gasteiger partial charge in [0.15, 0.2) is 0 Å². The zero-order valence-corrected chi connectivity index (χ0v) is 10.0. The Morgan fingerprint density at radius 1 is 0.750 bits per heavy atom. The van der Waals surface area contributed by atoms with Crippen molar-refractivity contribution in [2.24, 2.45) is 0 Å². The SMILES string of the molecule is CC1CN2CN3COC(C)CN3CN2CO1. The van der Waals surface area contributed by atoms with Crippen LogP contribution in [0.4, 0.5) is 0 Å². The molecule has 92 valence electrons. The van der Waals surface area contributed by atoms with Gasteiger partial charge in [-0.15, -0.1) is 0 Å². The van der Waals surface area contributed by atoms with E-state index in [2.05, 4.69) is 33.9 Å². The standard InChI is InChI=1S/C10H20N4O2/c1-9-3-11-5-14-8-16-10(2)4-12(14)6-13(11)7-15-9/h9-10H,3-8H2,1-2H3. The number of hydrazine groups is 2. The molecule has 3 saturated heterocycles. The Balaban J connectivity index is 1.66. The summed E-state index contributed by atoms with van der Waals surface area (Å²) in [5, 5.41) is 9.25. The number of fused-ring (bicyclic) bond motifs is 2. The van der Waals surface area contributed by atoms with Crippen molar-refractivity contribution in [3.8, 4) is 0 Å². The van der Waals surface area contributed by atoms with Crippen molar-refractivity contribution in [1.29, 1.82) is 0 Å². The Labute approximate surface area is 96.2 Å². The molecule has 0 N–H and O–H groups in total. The third kappa shape index (κ3) is 1.97. The predicted octanol–water partition coefficient (Wildman–Crippen LogP) is -0.295. The third-order valence-corrected chi connectivity index (χ3v) is 3.40. The van der Waals surface area contributed by atoms with Gasteiger partial charge in [0.25, 0.3) is 0 Å². The molecule has 0 spiro atoms. The van der Waals surface area contributed by atoms with E-state index in [1.165, 1.54) is 0 Å². The molecule has 0 radical (unpaired) electrons. The number of ether oxygens (including phenoxy) is 2. The van der Waals surface area contributed by atoms with Gasteiger partial charge in [-0.25, -0.2) is 10.0 Å². The van der Waals surface area contributed by atoms with Gasteiger partial charge in [-0.05, 0) is 13.8 Å². The molecule has 3 aliphatic heterocycles. The molecule has 3 heterocycles. The third-order valence-electron chi connectivity index (χ3n) is 3.40. The van der Waals surface area contributed by atoms with Crippen LogP contribution in [0, 0.1) is 0 Å². The first-order valence-electron chi connectivity index (χ1n) is 5.95. The minimum Gasteiger partial charge on any atom is -0.360 e. The summed E-state index contributed by atoms with van der Waals surface area (Å²) in [5.74, 6) is 0. The van der Waals surface area contributed by atoms with Gasteiger partial charge in [0.1, 0.15) is 13.5 Å². The van der Waals surface area contributed by atoms with E-state index in [9.17, 15) is 0 Å². The van der Waals surface area contributed by atoms with E-state index in [4.69, 9.17) is 9.47 Å². The van der Waals surface area contributed by atoms with Gasteiger partial charge >= 0.3 is 0 Å². The summed E-state index contributed by atoms with van der Waals surface area (Å²) < 4.78 is 11.3. The van der Waals surface area contributed by atoms with Gasteiger partial charge in [0.05, 0.1) is 25.5 Å². The summed E-state index contributed by atoms with van der Waals surface area (Å²) in [4.78, 5) is 0. The fraction of sp³-hybridized carbons (Fsp3) is 1.00. The number of hydrogen-bond donors (Lipinski definition) is 0. The van der Waals surface area contributed by atoms with Gasteiger partial charge in [-0.2, -0.15) is 10.0 Å². The molecular weight excluding hydrogens is 208 g/mol. The maximum absolute atomic E-state index is 5.66. The van der Waals surface area contributed by atoms with E-state index in [1.807, 2.05) is 0 Å². The van der Waals surface area contributed by atoms with Crippen molar-refractivity contribution in [3.05, 3.63) is 0 Å². The molecule has 6 nitrogen and oxygen atoms in total. The first-order chi connectivity index (χ1) is 7.72. The van der Waals surface area contributed by atoms with Crippen LogP contribution < -0.4 is 0 Å². The summed E-state index contributed by atoms with van der Waals surface area (Å²) in [5.41, 5.74) is 0. The lowest BCUT2D eigenvalue weighted by Crippen LogP contribution is -2.69. The summed E-state index contributed by atoms with van der Waals surface area (Å²) in [6.07, 6.45) is 0.653. The van der Waals surface area contributed by atoms with E-state index in [0.29, 0.717) is 25.7 Å². The van der Waals surface area contributed by atoms with Crippen molar-refractivity contribution in [2.75, 3.05) is 39.9 Å². The van der Waals surface area contributed by atoms with Crippen LogP contribution in [0.1, 0.15) is 13.8 Å². The molecule has 2 unspecified atom stereocenters. The van der Waals surface area contributed by atoms with Gasteiger partial charge in [0.2, 0.25) is 0 Å². The zero-order chi connectivity index (χ0) is 11.1. The van der Waals surface area contributed by atoms with E-state index in [1.54, 1.807) is 0 Å². The zero-order valence-electron chi connectivity index (χ0n) is 10.0. The monoisotopic (exact) mass is 228 g/mol. The highest BCUT2D eigenvalue weighted by Crippen LogP contribution is 2.21. The first-order valence-corrected chi connectivity index (χ1v) is 5.95. The van der Waals surface area contributed by atoms with E-state index in [-0.39, 0.29) is 0 Å². The smallest absolute Gasteiger partial charge is 0.114 e. The van der Waals surface area contributed by atoms with Crippen LogP contribution in [0.15, 0.2) is 0 Å². The van der Waals surface area contributed by atoms with Gasteiger partial charge in [-0.3, -0.25) is 0 Å². The van der Waals surface area contributed by atoms with Gasteiger partial charge < -0.3 is 9.47 Å². The van der Waals surface area contributed by atoms with Crippen molar-refractivity contribution < 1.29 is 9.47 Å². The van der Waals surface area contributed by atoms with Crippen LogP contribution in [0.5, 0.6) is 0 Å². The van der Waals surface area contributed by atoms with Crippen molar-refractivity contribution >= 4 is 0 Å². The molecule has 0 aliphatic carbocycles. The molecule has 2 atom stereocenters. The lowest BCUT2D eigenvalue weighted by Gasteiger charge is -2.54. The molecule has 0 aromatic carbocycles. The highest BCUT2D eigenvalue weighted by atomic mass is 16.5. The Kier molecular flexibility index (Phi) is 2.87. The second-order valence-corrected chi connectivity index (χ2v) is 4.89. The largest absolute Gasteiger partial charge is 0.360 e. The molecule has 6 heteroatoms. The second kappa shape index (κ2) is 4.21. The minimum absolute atomic E-state index is 0.326. The maximum Gasteiger partial charge on any atom is 0.114 e. The minimum atomic E-state index is 0.326. The van der Waals surface area contributed by atoms with Crippen LogP contribution in [0.3, 0.4) is 0 Å². The molecule has 3 rings (SSSR count). The Morgan fingerprint density at radius 2 is 1.19 bits per heavy atom. The summed E-state index contributed by atoms with van der Waals surface area (Å²) in [7, 11) is 0.